The van der Waals surface area contributed by atoms with Gasteiger partial charge in [0.05, 0.1) is 13.2 Å². The van der Waals surface area contributed by atoms with Crippen LogP contribution in [-0.4, -0.2) is 48.0 Å². The van der Waals surface area contributed by atoms with E-state index in [0.717, 1.165) is 12.0 Å². The summed E-state index contributed by atoms with van der Waals surface area (Å²) < 4.78 is 12.1. The Kier molecular flexibility index (Phi) is 5.12. The molecule has 0 N–H and O–H groups in total. The average molecular weight is 242 g/mol. The van der Waals surface area contributed by atoms with Gasteiger partial charge in [0.2, 0.25) is 5.91 Å². The first-order valence-corrected chi connectivity index (χ1v) is 5.92. The van der Waals surface area contributed by atoms with Crippen molar-refractivity contribution in [2.45, 2.75) is 26.2 Å². The van der Waals surface area contributed by atoms with Gasteiger partial charge in [0, 0.05) is 19.5 Å². The van der Waals surface area contributed by atoms with E-state index in [4.69, 9.17) is 0 Å². The maximum atomic E-state index is 12.1. The minimum Gasteiger partial charge on any atom is -0.324 e. The Hall–Kier alpha value is -1.39. The summed E-state index contributed by atoms with van der Waals surface area (Å²) in [5.74, 6) is -0.166. The van der Waals surface area contributed by atoms with Gasteiger partial charge in [-0.25, -0.2) is 4.79 Å². The van der Waals surface area contributed by atoms with Crippen LogP contribution >= 0.6 is 0 Å². The number of alkyl halides is 1. The number of amides is 3. The monoisotopic (exact) mass is 242 g/mol. The van der Waals surface area contributed by atoms with Crippen LogP contribution in [0.5, 0.6) is 0 Å². The molecule has 0 radical (unpaired) electrons. The molecule has 1 fully saturated rings. The summed E-state index contributed by atoms with van der Waals surface area (Å²) in [6.45, 7) is 6.33. The van der Waals surface area contributed by atoms with E-state index in [1.165, 1.54) is 9.80 Å². The van der Waals surface area contributed by atoms with Crippen LogP contribution in [0.1, 0.15) is 26.2 Å². The topological polar surface area (TPSA) is 40.6 Å². The zero-order chi connectivity index (χ0) is 12.8. The van der Waals surface area contributed by atoms with Gasteiger partial charge in [-0.3, -0.25) is 14.1 Å². The molecule has 17 heavy (non-hydrogen) atoms. The highest BCUT2D eigenvalue weighted by Gasteiger charge is 2.31. The van der Waals surface area contributed by atoms with Crippen molar-refractivity contribution in [1.29, 1.82) is 0 Å². The summed E-state index contributed by atoms with van der Waals surface area (Å²) in [5.41, 5.74) is 0.846. The van der Waals surface area contributed by atoms with Crippen molar-refractivity contribution in [3.63, 3.8) is 0 Å². The summed E-state index contributed by atoms with van der Waals surface area (Å²) in [6, 6.07) is -0.315. The van der Waals surface area contributed by atoms with Crippen molar-refractivity contribution >= 4 is 11.9 Å². The molecular weight excluding hydrogens is 223 g/mol. The maximum Gasteiger partial charge on any atom is 0.327 e. The van der Waals surface area contributed by atoms with Crippen LogP contribution in [0.4, 0.5) is 9.18 Å². The van der Waals surface area contributed by atoms with Gasteiger partial charge in [-0.05, 0) is 12.8 Å². The molecule has 0 saturated carbocycles. The Labute approximate surface area is 101 Å². The molecule has 0 aliphatic carbocycles. The number of urea groups is 1. The van der Waals surface area contributed by atoms with Crippen molar-refractivity contribution in [2.75, 3.05) is 26.3 Å². The summed E-state index contributed by atoms with van der Waals surface area (Å²) >= 11 is 0. The van der Waals surface area contributed by atoms with E-state index in [9.17, 15) is 14.0 Å². The molecule has 5 heteroatoms. The van der Waals surface area contributed by atoms with E-state index in [0.29, 0.717) is 25.9 Å². The number of carbonyl (C=O) groups is 2. The second-order valence-electron chi connectivity index (χ2n) is 4.15. The zero-order valence-electron chi connectivity index (χ0n) is 10.2. The van der Waals surface area contributed by atoms with E-state index < -0.39 is 6.67 Å². The van der Waals surface area contributed by atoms with E-state index in [1.54, 1.807) is 0 Å². The molecule has 0 spiro atoms. The number of hydrogen-bond acceptors (Lipinski definition) is 2. The third kappa shape index (κ3) is 3.54. The highest BCUT2D eigenvalue weighted by Crippen LogP contribution is 2.13. The van der Waals surface area contributed by atoms with E-state index in [1.807, 2.05) is 6.92 Å². The van der Waals surface area contributed by atoms with Crippen LogP contribution < -0.4 is 0 Å². The van der Waals surface area contributed by atoms with Crippen LogP contribution in [0.15, 0.2) is 12.2 Å². The standard InChI is InChI=1S/C12H19FN2O2/c1-3-10(2)9-15-11(16)5-8-14(12(15)17)7-4-6-13/h2-9H2,1H3. The molecule has 4 nitrogen and oxygen atoms in total. The van der Waals surface area contributed by atoms with Crippen molar-refractivity contribution in [3.8, 4) is 0 Å². The Morgan fingerprint density at radius 3 is 2.76 bits per heavy atom. The number of imide groups is 1. The molecule has 1 heterocycles. The molecule has 0 aromatic heterocycles. The van der Waals surface area contributed by atoms with E-state index >= 15 is 0 Å². The van der Waals surface area contributed by atoms with Gasteiger partial charge in [0.15, 0.2) is 0 Å². The van der Waals surface area contributed by atoms with Gasteiger partial charge in [-0.15, -0.1) is 0 Å². The molecule has 0 bridgehead atoms. The van der Waals surface area contributed by atoms with Crippen LogP contribution in [-0.2, 0) is 4.79 Å². The molecule has 1 saturated heterocycles. The van der Waals surface area contributed by atoms with Gasteiger partial charge in [-0.1, -0.05) is 19.1 Å². The molecule has 0 aromatic carbocycles. The lowest BCUT2D eigenvalue weighted by Crippen LogP contribution is -2.52. The summed E-state index contributed by atoms with van der Waals surface area (Å²) in [6.07, 6.45) is 1.37. The van der Waals surface area contributed by atoms with Crippen molar-refractivity contribution in [3.05, 3.63) is 12.2 Å². The molecule has 1 aliphatic rings. The van der Waals surface area contributed by atoms with Crippen LogP contribution in [0.3, 0.4) is 0 Å². The van der Waals surface area contributed by atoms with Gasteiger partial charge >= 0.3 is 6.03 Å². The van der Waals surface area contributed by atoms with E-state index in [-0.39, 0.29) is 18.5 Å². The number of halogens is 1. The predicted octanol–water partition coefficient (Wildman–Crippen LogP) is 1.97. The highest BCUT2D eigenvalue weighted by atomic mass is 19.1. The minimum atomic E-state index is -0.445. The molecule has 1 rings (SSSR count). The minimum absolute atomic E-state index is 0.166. The summed E-state index contributed by atoms with van der Waals surface area (Å²) in [4.78, 5) is 26.3. The summed E-state index contributed by atoms with van der Waals surface area (Å²) in [5, 5.41) is 0. The Bertz CT molecular complexity index is 318. The number of carbonyl (C=O) groups excluding carboxylic acids is 2. The quantitative estimate of drug-likeness (QED) is 0.668. The second-order valence-corrected chi connectivity index (χ2v) is 4.15. The average Bonchev–Trinajstić information content (AvgIpc) is 2.33. The lowest BCUT2D eigenvalue weighted by atomic mass is 10.2. The Balaban J connectivity index is 2.63. The fraction of sp³-hybridized carbons (Fsp3) is 0.667. The lowest BCUT2D eigenvalue weighted by molar-refractivity contribution is -0.130. The second kappa shape index (κ2) is 6.37. The SMILES string of the molecule is C=C(CC)CN1C(=O)CCN(CCCF)C1=O. The van der Waals surface area contributed by atoms with Crippen molar-refractivity contribution in [2.24, 2.45) is 0 Å². The van der Waals surface area contributed by atoms with Crippen molar-refractivity contribution < 1.29 is 14.0 Å². The molecule has 96 valence electrons. The smallest absolute Gasteiger partial charge is 0.324 e. The number of nitrogens with zero attached hydrogens (tertiary/aromatic N) is 2. The normalized spacial score (nSPS) is 16.6. The Morgan fingerprint density at radius 2 is 2.18 bits per heavy atom. The first kappa shape index (κ1) is 13.7. The fourth-order valence-electron chi connectivity index (χ4n) is 1.69. The van der Waals surface area contributed by atoms with Crippen LogP contribution in [0.25, 0.3) is 0 Å². The van der Waals surface area contributed by atoms with Gasteiger partial charge in [0.25, 0.3) is 0 Å². The molecule has 0 atom stereocenters. The van der Waals surface area contributed by atoms with Crippen molar-refractivity contribution in [1.82, 2.24) is 9.80 Å². The predicted molar refractivity (Wildman–Crippen MR) is 63.3 cm³/mol. The third-order valence-electron chi connectivity index (χ3n) is 2.84. The van der Waals surface area contributed by atoms with Gasteiger partial charge in [-0.2, -0.15) is 0 Å². The van der Waals surface area contributed by atoms with Crippen LogP contribution in [0.2, 0.25) is 0 Å². The van der Waals surface area contributed by atoms with E-state index in [2.05, 4.69) is 6.58 Å². The first-order valence-electron chi connectivity index (χ1n) is 5.92. The largest absolute Gasteiger partial charge is 0.327 e. The first-order chi connectivity index (χ1) is 8.10. The molecular formula is C12H19FN2O2. The van der Waals surface area contributed by atoms with Crippen LogP contribution in [0, 0.1) is 0 Å². The number of hydrogen-bond donors (Lipinski definition) is 0. The van der Waals surface area contributed by atoms with Gasteiger partial charge < -0.3 is 4.90 Å². The molecule has 0 unspecified atom stereocenters. The van der Waals surface area contributed by atoms with Gasteiger partial charge in [0.1, 0.15) is 0 Å². The molecule has 0 aromatic rings. The zero-order valence-corrected chi connectivity index (χ0v) is 10.2. The third-order valence-corrected chi connectivity index (χ3v) is 2.84. The lowest BCUT2D eigenvalue weighted by Gasteiger charge is -2.34. The maximum absolute atomic E-state index is 12.1. The highest BCUT2D eigenvalue weighted by molar-refractivity contribution is 5.97. The fourth-order valence-corrected chi connectivity index (χ4v) is 1.69. The molecule has 1 aliphatic heterocycles. The number of rotatable bonds is 6. The Morgan fingerprint density at radius 1 is 1.47 bits per heavy atom. The molecule has 3 amide bonds. The summed E-state index contributed by atoms with van der Waals surface area (Å²) in [7, 11) is 0.